The smallest absolute Gasteiger partial charge is 0.290 e. The molecule has 1 aromatic heterocycles. The number of carbonyl (C=O) groups excluding carboxylic acids is 2. The zero-order chi connectivity index (χ0) is 21.4. The van der Waals surface area contributed by atoms with Gasteiger partial charge in [-0.25, -0.2) is 4.98 Å². The molecular formula is C24H22N4O2S. The lowest BCUT2D eigenvalue weighted by Gasteiger charge is -2.34. The molecule has 3 heterocycles. The SMILES string of the molecule is CN1CCN(c2ccc(-c3cccc4ccc(/C=C5\SC(=O)NC5=O)nc34)cc2)CC1. The minimum atomic E-state index is -0.371. The molecule has 2 saturated heterocycles. The van der Waals surface area contributed by atoms with E-state index in [0.29, 0.717) is 10.6 Å². The number of hydrogen-bond acceptors (Lipinski definition) is 6. The molecule has 0 bridgehead atoms. The molecule has 0 radical (unpaired) electrons. The first kappa shape index (κ1) is 19.8. The highest BCUT2D eigenvalue weighted by atomic mass is 32.2. The largest absolute Gasteiger partial charge is 0.369 e. The summed E-state index contributed by atoms with van der Waals surface area (Å²) in [6.07, 6.45) is 1.66. The molecule has 2 aliphatic heterocycles. The molecule has 0 atom stereocenters. The molecule has 31 heavy (non-hydrogen) atoms. The summed E-state index contributed by atoms with van der Waals surface area (Å²) in [4.78, 5) is 33.2. The lowest BCUT2D eigenvalue weighted by atomic mass is 10.0. The molecule has 0 unspecified atom stereocenters. The highest BCUT2D eigenvalue weighted by Gasteiger charge is 2.25. The van der Waals surface area contributed by atoms with Crippen LogP contribution < -0.4 is 10.2 Å². The molecule has 156 valence electrons. The topological polar surface area (TPSA) is 65.5 Å². The second-order valence-corrected chi connectivity index (χ2v) is 8.82. The minimum absolute atomic E-state index is 0.349. The maximum atomic E-state index is 11.9. The number of likely N-dealkylation sites (N-methyl/N-ethyl adjacent to an activating group) is 1. The Morgan fingerprint density at radius 2 is 1.74 bits per heavy atom. The summed E-state index contributed by atoms with van der Waals surface area (Å²) in [6.45, 7) is 4.24. The molecule has 2 aromatic carbocycles. The number of piperazine rings is 1. The number of rotatable bonds is 3. The first-order valence-electron chi connectivity index (χ1n) is 10.3. The number of benzene rings is 2. The second-order valence-electron chi connectivity index (χ2n) is 7.80. The number of pyridine rings is 1. The number of aromatic nitrogens is 1. The van der Waals surface area contributed by atoms with Gasteiger partial charge < -0.3 is 9.80 Å². The van der Waals surface area contributed by atoms with E-state index in [4.69, 9.17) is 4.98 Å². The minimum Gasteiger partial charge on any atom is -0.369 e. The van der Waals surface area contributed by atoms with Crippen molar-refractivity contribution in [1.82, 2.24) is 15.2 Å². The van der Waals surface area contributed by atoms with E-state index in [1.54, 1.807) is 6.08 Å². The van der Waals surface area contributed by atoms with Crippen LogP contribution in [0.25, 0.3) is 28.1 Å². The van der Waals surface area contributed by atoms with Gasteiger partial charge >= 0.3 is 0 Å². The first-order chi connectivity index (χ1) is 15.1. The molecule has 7 heteroatoms. The van der Waals surface area contributed by atoms with Gasteiger partial charge in [0.1, 0.15) is 0 Å². The van der Waals surface area contributed by atoms with E-state index in [1.807, 2.05) is 24.3 Å². The third kappa shape index (κ3) is 4.06. The van der Waals surface area contributed by atoms with Crippen molar-refractivity contribution >= 4 is 45.6 Å². The quantitative estimate of drug-likeness (QED) is 0.634. The Balaban J connectivity index is 1.47. The molecule has 2 fully saturated rings. The predicted molar refractivity (Wildman–Crippen MR) is 126 cm³/mol. The standard InChI is InChI=1S/C24H22N4O2S/c1-27-11-13-28(14-12-27)19-9-6-16(7-10-19)20-4-2-3-17-5-8-18(25-22(17)20)15-21-23(29)26-24(30)31-21/h2-10,15H,11-14H2,1H3,(H,26,29,30)/b21-15-. The van der Waals surface area contributed by atoms with Gasteiger partial charge in [0.15, 0.2) is 0 Å². The van der Waals surface area contributed by atoms with E-state index in [-0.39, 0.29) is 11.1 Å². The highest BCUT2D eigenvalue weighted by molar-refractivity contribution is 8.18. The zero-order valence-electron chi connectivity index (χ0n) is 17.2. The van der Waals surface area contributed by atoms with E-state index in [0.717, 1.165) is 60.0 Å². The predicted octanol–water partition coefficient (Wildman–Crippen LogP) is 3.98. The summed E-state index contributed by atoms with van der Waals surface area (Å²) in [5.74, 6) is -0.371. The fourth-order valence-corrected chi connectivity index (χ4v) is 4.61. The first-order valence-corrected chi connectivity index (χ1v) is 11.1. The van der Waals surface area contributed by atoms with E-state index < -0.39 is 0 Å². The summed E-state index contributed by atoms with van der Waals surface area (Å²) < 4.78 is 0. The normalized spacial score (nSPS) is 18.7. The molecule has 2 amide bonds. The van der Waals surface area contributed by atoms with E-state index in [1.165, 1.54) is 5.69 Å². The monoisotopic (exact) mass is 430 g/mol. The number of para-hydroxylation sites is 1. The van der Waals surface area contributed by atoms with Gasteiger partial charge in [-0.1, -0.05) is 36.4 Å². The van der Waals surface area contributed by atoms with Gasteiger partial charge in [0.25, 0.3) is 11.1 Å². The Kier molecular flexibility index (Phi) is 5.21. The number of nitrogens with one attached hydrogen (secondary N) is 1. The number of thioether (sulfide) groups is 1. The number of imide groups is 1. The number of amides is 2. The third-order valence-electron chi connectivity index (χ3n) is 5.71. The highest BCUT2D eigenvalue weighted by Crippen LogP contribution is 2.31. The van der Waals surface area contributed by atoms with Gasteiger partial charge in [-0.05, 0) is 48.6 Å². The van der Waals surface area contributed by atoms with Gasteiger partial charge in [0.05, 0.1) is 16.1 Å². The van der Waals surface area contributed by atoms with Crippen molar-refractivity contribution in [1.29, 1.82) is 0 Å². The third-order valence-corrected chi connectivity index (χ3v) is 6.52. The Hall–Kier alpha value is -3.16. The van der Waals surface area contributed by atoms with Crippen LogP contribution in [-0.2, 0) is 4.79 Å². The number of anilines is 1. The summed E-state index contributed by atoms with van der Waals surface area (Å²) in [6, 6.07) is 18.6. The molecule has 2 aliphatic rings. The van der Waals surface area contributed by atoms with Crippen molar-refractivity contribution in [3.05, 3.63) is 65.2 Å². The molecule has 5 rings (SSSR count). The lowest BCUT2D eigenvalue weighted by molar-refractivity contribution is -0.115. The fraction of sp³-hybridized carbons (Fsp3) is 0.208. The number of hydrogen-bond donors (Lipinski definition) is 1. The van der Waals surface area contributed by atoms with Crippen LogP contribution in [0.5, 0.6) is 0 Å². The van der Waals surface area contributed by atoms with Crippen molar-refractivity contribution in [2.24, 2.45) is 0 Å². The molecule has 3 aromatic rings. The van der Waals surface area contributed by atoms with Crippen LogP contribution in [0.15, 0.2) is 59.5 Å². The molecule has 0 saturated carbocycles. The summed E-state index contributed by atoms with van der Waals surface area (Å²) >= 11 is 0.904. The lowest BCUT2D eigenvalue weighted by Crippen LogP contribution is -2.44. The van der Waals surface area contributed by atoms with Crippen LogP contribution in [0.1, 0.15) is 5.69 Å². The second kappa shape index (κ2) is 8.17. The van der Waals surface area contributed by atoms with Crippen LogP contribution in [0.4, 0.5) is 10.5 Å². The van der Waals surface area contributed by atoms with Crippen molar-refractivity contribution in [2.45, 2.75) is 0 Å². The Morgan fingerprint density at radius 3 is 2.45 bits per heavy atom. The van der Waals surface area contributed by atoms with E-state index >= 15 is 0 Å². The maximum absolute atomic E-state index is 11.9. The van der Waals surface area contributed by atoms with Gasteiger partial charge in [-0.2, -0.15) is 0 Å². The van der Waals surface area contributed by atoms with Gasteiger partial charge in [-0.3, -0.25) is 14.9 Å². The Morgan fingerprint density at radius 1 is 0.968 bits per heavy atom. The molecular weight excluding hydrogens is 408 g/mol. The van der Waals surface area contributed by atoms with Gasteiger partial charge in [0, 0.05) is 42.8 Å². The Labute approximate surface area is 184 Å². The van der Waals surface area contributed by atoms with Crippen molar-refractivity contribution in [3.8, 4) is 11.1 Å². The summed E-state index contributed by atoms with van der Waals surface area (Å²) in [5.41, 5.74) is 4.91. The van der Waals surface area contributed by atoms with Crippen molar-refractivity contribution in [3.63, 3.8) is 0 Å². The molecule has 0 spiro atoms. The van der Waals surface area contributed by atoms with Crippen LogP contribution in [0, 0.1) is 0 Å². The number of fused-ring (bicyclic) bond motifs is 1. The van der Waals surface area contributed by atoms with Crippen LogP contribution in [-0.4, -0.2) is 54.3 Å². The van der Waals surface area contributed by atoms with Crippen LogP contribution in [0.2, 0.25) is 0 Å². The Bertz CT molecular complexity index is 1200. The molecule has 0 aliphatic carbocycles. The number of carbonyl (C=O) groups is 2. The maximum Gasteiger partial charge on any atom is 0.290 e. The molecule has 6 nitrogen and oxygen atoms in total. The average molecular weight is 431 g/mol. The van der Waals surface area contributed by atoms with E-state index in [9.17, 15) is 9.59 Å². The summed E-state index contributed by atoms with van der Waals surface area (Å²) in [7, 11) is 2.16. The fourth-order valence-electron chi connectivity index (χ4n) is 3.95. The van der Waals surface area contributed by atoms with Crippen LogP contribution in [0.3, 0.4) is 0 Å². The van der Waals surface area contributed by atoms with Crippen molar-refractivity contribution in [2.75, 3.05) is 38.1 Å². The van der Waals surface area contributed by atoms with Gasteiger partial charge in [-0.15, -0.1) is 0 Å². The zero-order valence-corrected chi connectivity index (χ0v) is 18.0. The van der Waals surface area contributed by atoms with Crippen LogP contribution >= 0.6 is 11.8 Å². The summed E-state index contributed by atoms with van der Waals surface area (Å²) in [5, 5.41) is 2.96. The average Bonchev–Trinajstić information content (AvgIpc) is 3.10. The number of nitrogens with zero attached hydrogens (tertiary/aromatic N) is 3. The van der Waals surface area contributed by atoms with E-state index in [2.05, 4.69) is 52.5 Å². The molecule has 1 N–H and O–H groups in total. The van der Waals surface area contributed by atoms with Gasteiger partial charge in [0.2, 0.25) is 0 Å². The van der Waals surface area contributed by atoms with Crippen molar-refractivity contribution < 1.29 is 9.59 Å².